The molecular weight excluding hydrogens is 270 g/mol. The Kier molecular flexibility index (Phi) is 4.30. The summed E-state index contributed by atoms with van der Waals surface area (Å²) >= 11 is 5.97. The number of aryl methyl sites for hydroxylation is 1. The molecule has 1 heterocycles. The van der Waals surface area contributed by atoms with Crippen LogP contribution in [0.5, 0.6) is 0 Å². The molecule has 1 aromatic rings. The largest absolute Gasteiger partial charge is 0.309 e. The minimum Gasteiger partial charge on any atom is -0.309 e. The number of nitrogens with one attached hydrogen (secondary N) is 1. The minimum absolute atomic E-state index is 0.0831. The van der Waals surface area contributed by atoms with Crippen molar-refractivity contribution in [2.75, 3.05) is 11.5 Å². The third-order valence-electron chi connectivity index (χ3n) is 3.28. The number of hydrogen-bond acceptors (Lipinski definition) is 3. The second-order valence-electron chi connectivity index (χ2n) is 4.92. The van der Waals surface area contributed by atoms with Gasteiger partial charge in [-0.15, -0.1) is 0 Å². The van der Waals surface area contributed by atoms with E-state index < -0.39 is 9.84 Å². The molecule has 18 heavy (non-hydrogen) atoms. The van der Waals surface area contributed by atoms with Gasteiger partial charge >= 0.3 is 0 Å². The molecule has 1 aromatic carbocycles. The second kappa shape index (κ2) is 5.59. The standard InChI is InChI=1S/C13H18ClNO2S/c1-10-7-11(4-5-13(10)14)8-15-12-3-2-6-18(16,17)9-12/h4-5,7,12,15H,2-3,6,8-9H2,1H3. The smallest absolute Gasteiger partial charge is 0.151 e. The van der Waals surface area contributed by atoms with E-state index in [0.29, 0.717) is 12.3 Å². The quantitative estimate of drug-likeness (QED) is 0.928. The second-order valence-corrected chi connectivity index (χ2v) is 7.55. The Bertz CT molecular complexity index is 528. The van der Waals surface area contributed by atoms with Crippen LogP contribution in [0.3, 0.4) is 0 Å². The highest BCUT2D eigenvalue weighted by atomic mass is 35.5. The molecular formula is C13H18ClNO2S. The predicted molar refractivity (Wildman–Crippen MR) is 74.7 cm³/mol. The van der Waals surface area contributed by atoms with E-state index in [4.69, 9.17) is 11.6 Å². The van der Waals surface area contributed by atoms with E-state index >= 15 is 0 Å². The molecule has 0 radical (unpaired) electrons. The van der Waals surface area contributed by atoms with Crippen molar-refractivity contribution in [3.63, 3.8) is 0 Å². The van der Waals surface area contributed by atoms with Gasteiger partial charge in [-0.3, -0.25) is 0 Å². The molecule has 1 aliphatic heterocycles. The molecule has 0 spiro atoms. The highest BCUT2D eigenvalue weighted by molar-refractivity contribution is 7.91. The van der Waals surface area contributed by atoms with Crippen LogP contribution in [0.4, 0.5) is 0 Å². The van der Waals surface area contributed by atoms with Crippen molar-refractivity contribution in [1.29, 1.82) is 0 Å². The Hall–Kier alpha value is -0.580. The van der Waals surface area contributed by atoms with Gasteiger partial charge in [-0.1, -0.05) is 23.7 Å². The maximum Gasteiger partial charge on any atom is 0.151 e. The zero-order valence-electron chi connectivity index (χ0n) is 10.4. The summed E-state index contributed by atoms with van der Waals surface area (Å²) in [7, 11) is -2.83. The van der Waals surface area contributed by atoms with Crippen LogP contribution in [-0.4, -0.2) is 26.0 Å². The molecule has 0 amide bonds. The van der Waals surface area contributed by atoms with Gasteiger partial charge in [-0.05, 0) is 37.0 Å². The summed E-state index contributed by atoms with van der Waals surface area (Å²) in [5, 5.41) is 4.08. The summed E-state index contributed by atoms with van der Waals surface area (Å²) in [6.07, 6.45) is 1.70. The lowest BCUT2D eigenvalue weighted by Crippen LogP contribution is -2.39. The number of halogens is 1. The van der Waals surface area contributed by atoms with E-state index in [0.717, 1.165) is 29.0 Å². The van der Waals surface area contributed by atoms with Gasteiger partial charge in [0, 0.05) is 17.6 Å². The fourth-order valence-electron chi connectivity index (χ4n) is 2.26. The SMILES string of the molecule is Cc1cc(CNC2CCCS(=O)(=O)C2)ccc1Cl. The fourth-order valence-corrected chi connectivity index (χ4v) is 4.05. The molecule has 1 atom stereocenters. The summed E-state index contributed by atoms with van der Waals surface area (Å²) in [4.78, 5) is 0. The highest BCUT2D eigenvalue weighted by Gasteiger charge is 2.24. The zero-order chi connectivity index (χ0) is 13.2. The van der Waals surface area contributed by atoms with Gasteiger partial charge < -0.3 is 5.32 Å². The van der Waals surface area contributed by atoms with Gasteiger partial charge in [0.1, 0.15) is 0 Å². The van der Waals surface area contributed by atoms with Gasteiger partial charge in [-0.25, -0.2) is 8.42 Å². The lowest BCUT2D eigenvalue weighted by atomic mass is 10.1. The molecule has 100 valence electrons. The van der Waals surface area contributed by atoms with Gasteiger partial charge in [0.2, 0.25) is 0 Å². The summed E-state index contributed by atoms with van der Waals surface area (Å²) in [6.45, 7) is 2.66. The lowest BCUT2D eigenvalue weighted by molar-refractivity contribution is 0.480. The van der Waals surface area contributed by atoms with Crippen LogP contribution in [0, 0.1) is 6.92 Å². The fraction of sp³-hybridized carbons (Fsp3) is 0.538. The maximum atomic E-state index is 11.5. The third-order valence-corrected chi connectivity index (χ3v) is 5.53. The van der Waals surface area contributed by atoms with Crippen molar-refractivity contribution >= 4 is 21.4 Å². The van der Waals surface area contributed by atoms with Gasteiger partial charge in [-0.2, -0.15) is 0 Å². The Labute approximate surface area is 113 Å². The molecule has 0 bridgehead atoms. The Morgan fingerprint density at radius 1 is 1.44 bits per heavy atom. The average molecular weight is 288 g/mol. The first kappa shape index (κ1) is 13.8. The van der Waals surface area contributed by atoms with Crippen molar-refractivity contribution in [3.05, 3.63) is 34.3 Å². The van der Waals surface area contributed by atoms with Gasteiger partial charge in [0.25, 0.3) is 0 Å². The van der Waals surface area contributed by atoms with Crippen molar-refractivity contribution in [3.8, 4) is 0 Å². The summed E-state index contributed by atoms with van der Waals surface area (Å²) < 4.78 is 23.0. The third kappa shape index (κ3) is 3.70. The van der Waals surface area contributed by atoms with Crippen LogP contribution >= 0.6 is 11.6 Å². The summed E-state index contributed by atoms with van der Waals surface area (Å²) in [6, 6.07) is 5.97. The van der Waals surface area contributed by atoms with E-state index in [-0.39, 0.29) is 11.8 Å². The van der Waals surface area contributed by atoms with Crippen LogP contribution in [0.2, 0.25) is 5.02 Å². The van der Waals surface area contributed by atoms with Crippen molar-refractivity contribution < 1.29 is 8.42 Å². The maximum absolute atomic E-state index is 11.5. The van der Waals surface area contributed by atoms with E-state index in [1.807, 2.05) is 25.1 Å². The highest BCUT2D eigenvalue weighted by Crippen LogP contribution is 2.17. The van der Waals surface area contributed by atoms with Crippen molar-refractivity contribution in [2.45, 2.75) is 32.4 Å². The number of sulfone groups is 1. The Morgan fingerprint density at radius 2 is 2.22 bits per heavy atom. The molecule has 1 N–H and O–H groups in total. The van der Waals surface area contributed by atoms with Crippen molar-refractivity contribution in [1.82, 2.24) is 5.32 Å². The van der Waals surface area contributed by atoms with Crippen LogP contribution in [0.25, 0.3) is 0 Å². The summed E-state index contributed by atoms with van der Waals surface area (Å²) in [5.41, 5.74) is 2.19. The molecule has 0 aromatic heterocycles. The summed E-state index contributed by atoms with van der Waals surface area (Å²) in [5.74, 6) is 0.602. The number of hydrogen-bond donors (Lipinski definition) is 1. The molecule has 1 aliphatic rings. The molecule has 1 fully saturated rings. The van der Waals surface area contributed by atoms with E-state index in [2.05, 4.69) is 5.32 Å². The van der Waals surface area contributed by atoms with Gasteiger partial charge in [0.15, 0.2) is 9.84 Å². The lowest BCUT2D eigenvalue weighted by Gasteiger charge is -2.23. The van der Waals surface area contributed by atoms with Crippen LogP contribution in [0.1, 0.15) is 24.0 Å². The average Bonchev–Trinajstić information content (AvgIpc) is 2.29. The number of rotatable bonds is 3. The first-order chi connectivity index (χ1) is 8.46. The molecule has 1 unspecified atom stereocenters. The zero-order valence-corrected chi connectivity index (χ0v) is 12.0. The molecule has 0 saturated carbocycles. The molecule has 2 rings (SSSR count). The Balaban J connectivity index is 1.93. The first-order valence-corrected chi connectivity index (χ1v) is 8.35. The van der Waals surface area contributed by atoms with Crippen LogP contribution in [-0.2, 0) is 16.4 Å². The molecule has 3 nitrogen and oxygen atoms in total. The normalized spacial score (nSPS) is 22.9. The predicted octanol–water partition coefficient (Wildman–Crippen LogP) is 2.32. The Morgan fingerprint density at radius 3 is 2.89 bits per heavy atom. The van der Waals surface area contributed by atoms with Crippen LogP contribution in [0.15, 0.2) is 18.2 Å². The first-order valence-electron chi connectivity index (χ1n) is 6.15. The molecule has 1 saturated heterocycles. The number of benzene rings is 1. The topological polar surface area (TPSA) is 46.2 Å². The van der Waals surface area contributed by atoms with E-state index in [1.54, 1.807) is 0 Å². The monoisotopic (exact) mass is 287 g/mol. The minimum atomic E-state index is -2.83. The molecule has 0 aliphatic carbocycles. The van der Waals surface area contributed by atoms with E-state index in [9.17, 15) is 8.42 Å². The van der Waals surface area contributed by atoms with Gasteiger partial charge in [0.05, 0.1) is 11.5 Å². The van der Waals surface area contributed by atoms with Crippen LogP contribution < -0.4 is 5.32 Å². The van der Waals surface area contributed by atoms with Crippen molar-refractivity contribution in [2.24, 2.45) is 0 Å². The molecule has 5 heteroatoms. The van der Waals surface area contributed by atoms with E-state index in [1.165, 1.54) is 0 Å².